The highest BCUT2D eigenvalue weighted by Crippen LogP contribution is 2.23. The molecule has 23 heavy (non-hydrogen) atoms. The minimum absolute atomic E-state index is 0.0555. The Kier molecular flexibility index (Phi) is 6.18. The molecule has 1 heterocycles. The molecule has 1 atom stereocenters. The van der Waals surface area contributed by atoms with Crippen LogP contribution >= 0.6 is 27.3 Å². The number of urea groups is 1. The van der Waals surface area contributed by atoms with Crippen molar-refractivity contribution in [3.63, 3.8) is 0 Å². The monoisotopic (exact) mass is 395 g/mol. The molecule has 0 radical (unpaired) electrons. The summed E-state index contributed by atoms with van der Waals surface area (Å²) in [6, 6.07) is 10.5. The smallest absolute Gasteiger partial charge is 0.312 e. The molecule has 0 bridgehead atoms. The van der Waals surface area contributed by atoms with Crippen LogP contribution < -0.4 is 11.1 Å². The van der Waals surface area contributed by atoms with E-state index in [1.807, 2.05) is 41.8 Å². The summed E-state index contributed by atoms with van der Waals surface area (Å²) < 4.78 is 0.999. The van der Waals surface area contributed by atoms with Gasteiger partial charge in [-0.2, -0.15) is 0 Å². The standard InChI is InChI=1S/C16H18BrN3O2S/c1-20(10-11-4-6-12(17)7-5-11)15(21)9-13(19-16(18)22)14-3-2-8-23-14/h2-8,13H,9-10H2,1H3,(H3,18,19,22). The van der Waals surface area contributed by atoms with Crippen molar-refractivity contribution in [2.24, 2.45) is 5.73 Å². The fourth-order valence-electron chi connectivity index (χ4n) is 2.17. The first-order valence-electron chi connectivity index (χ1n) is 7.03. The summed E-state index contributed by atoms with van der Waals surface area (Å²) in [6.07, 6.45) is 0.177. The molecule has 2 aromatic rings. The van der Waals surface area contributed by atoms with Crippen LogP contribution in [0.25, 0.3) is 0 Å². The molecule has 0 saturated heterocycles. The van der Waals surface area contributed by atoms with Gasteiger partial charge in [0.2, 0.25) is 5.91 Å². The van der Waals surface area contributed by atoms with Gasteiger partial charge in [-0.1, -0.05) is 34.1 Å². The highest BCUT2D eigenvalue weighted by atomic mass is 79.9. The summed E-state index contributed by atoms with van der Waals surface area (Å²) in [5, 5.41) is 4.54. The fourth-order valence-corrected chi connectivity index (χ4v) is 3.21. The summed E-state index contributed by atoms with van der Waals surface area (Å²) in [5.74, 6) is -0.0555. The molecular weight excluding hydrogens is 378 g/mol. The molecule has 1 aromatic heterocycles. The third-order valence-electron chi connectivity index (χ3n) is 3.34. The van der Waals surface area contributed by atoms with Gasteiger partial charge >= 0.3 is 6.03 Å². The van der Waals surface area contributed by atoms with E-state index in [4.69, 9.17) is 5.73 Å². The summed E-state index contributed by atoms with van der Waals surface area (Å²) in [5.41, 5.74) is 6.26. The summed E-state index contributed by atoms with van der Waals surface area (Å²) in [7, 11) is 1.75. The molecule has 3 N–H and O–H groups in total. The second kappa shape index (κ2) is 8.12. The number of nitrogens with zero attached hydrogens (tertiary/aromatic N) is 1. The zero-order chi connectivity index (χ0) is 16.8. The van der Waals surface area contributed by atoms with Gasteiger partial charge in [-0.25, -0.2) is 4.79 Å². The number of thiophene rings is 1. The minimum atomic E-state index is -0.633. The van der Waals surface area contributed by atoms with E-state index in [-0.39, 0.29) is 12.3 Å². The minimum Gasteiger partial charge on any atom is -0.352 e. The molecule has 5 nitrogen and oxygen atoms in total. The number of nitrogens with two attached hydrogens (primary N) is 1. The predicted molar refractivity (Wildman–Crippen MR) is 95.0 cm³/mol. The lowest BCUT2D eigenvalue weighted by Crippen LogP contribution is -2.36. The first-order chi connectivity index (χ1) is 11.0. The highest BCUT2D eigenvalue weighted by molar-refractivity contribution is 9.10. The molecule has 0 aliphatic carbocycles. The first kappa shape index (κ1) is 17.5. The molecule has 0 spiro atoms. The van der Waals surface area contributed by atoms with Crippen molar-refractivity contribution in [2.45, 2.75) is 19.0 Å². The largest absolute Gasteiger partial charge is 0.352 e. The Hall–Kier alpha value is -1.86. The van der Waals surface area contributed by atoms with E-state index >= 15 is 0 Å². The number of halogens is 1. The van der Waals surface area contributed by atoms with Crippen molar-refractivity contribution in [3.05, 3.63) is 56.7 Å². The number of hydrogen-bond acceptors (Lipinski definition) is 3. The maximum absolute atomic E-state index is 12.4. The number of nitrogens with one attached hydrogen (secondary N) is 1. The van der Waals surface area contributed by atoms with E-state index in [1.165, 1.54) is 11.3 Å². The lowest BCUT2D eigenvalue weighted by atomic mass is 10.1. The maximum atomic E-state index is 12.4. The molecule has 0 saturated carbocycles. The Morgan fingerprint density at radius 3 is 2.57 bits per heavy atom. The van der Waals surface area contributed by atoms with Crippen molar-refractivity contribution >= 4 is 39.2 Å². The number of carbonyl (C=O) groups excluding carboxylic acids is 2. The van der Waals surface area contributed by atoms with E-state index in [0.29, 0.717) is 6.54 Å². The van der Waals surface area contributed by atoms with Gasteiger partial charge in [0.05, 0.1) is 12.5 Å². The SMILES string of the molecule is CN(Cc1ccc(Br)cc1)C(=O)CC(NC(N)=O)c1cccs1. The summed E-state index contributed by atoms with van der Waals surface area (Å²) in [4.78, 5) is 26.2. The van der Waals surface area contributed by atoms with Gasteiger partial charge in [0.25, 0.3) is 0 Å². The maximum Gasteiger partial charge on any atom is 0.312 e. The van der Waals surface area contributed by atoms with Gasteiger partial charge < -0.3 is 16.0 Å². The normalized spacial score (nSPS) is 11.7. The molecular formula is C16H18BrN3O2S. The van der Waals surface area contributed by atoms with E-state index < -0.39 is 12.1 Å². The van der Waals surface area contributed by atoms with Crippen molar-refractivity contribution in [2.75, 3.05) is 7.05 Å². The first-order valence-corrected chi connectivity index (χ1v) is 8.70. The second-order valence-electron chi connectivity index (χ2n) is 5.16. The average molecular weight is 396 g/mol. The molecule has 0 aliphatic heterocycles. The molecule has 0 aliphatic rings. The van der Waals surface area contributed by atoms with Crippen LogP contribution in [0.3, 0.4) is 0 Å². The van der Waals surface area contributed by atoms with Crippen molar-refractivity contribution in [1.82, 2.24) is 10.2 Å². The Balaban J connectivity index is 1.99. The lowest BCUT2D eigenvalue weighted by molar-refractivity contribution is -0.130. The Morgan fingerprint density at radius 2 is 2.00 bits per heavy atom. The van der Waals surface area contributed by atoms with Gasteiger partial charge in [0.1, 0.15) is 0 Å². The predicted octanol–water partition coefficient (Wildman–Crippen LogP) is 3.27. The average Bonchev–Trinajstić information content (AvgIpc) is 3.02. The van der Waals surface area contributed by atoms with E-state index in [9.17, 15) is 9.59 Å². The lowest BCUT2D eigenvalue weighted by Gasteiger charge is -2.21. The zero-order valence-corrected chi connectivity index (χ0v) is 15.1. The molecule has 1 unspecified atom stereocenters. The molecule has 1 aromatic carbocycles. The third-order valence-corrected chi connectivity index (χ3v) is 4.86. The van der Waals surface area contributed by atoms with Gasteiger partial charge in [-0.15, -0.1) is 11.3 Å². The van der Waals surface area contributed by atoms with Gasteiger partial charge in [-0.3, -0.25) is 4.79 Å². The van der Waals surface area contributed by atoms with Crippen LogP contribution in [-0.4, -0.2) is 23.9 Å². The van der Waals surface area contributed by atoms with Crippen LogP contribution in [-0.2, 0) is 11.3 Å². The topological polar surface area (TPSA) is 75.4 Å². The van der Waals surface area contributed by atoms with Crippen LogP contribution in [0.15, 0.2) is 46.3 Å². The molecule has 2 rings (SSSR count). The van der Waals surface area contributed by atoms with E-state index in [1.54, 1.807) is 11.9 Å². The number of benzene rings is 1. The quantitative estimate of drug-likeness (QED) is 0.787. The number of amides is 3. The molecule has 122 valence electrons. The zero-order valence-electron chi connectivity index (χ0n) is 12.7. The van der Waals surface area contributed by atoms with Crippen molar-refractivity contribution < 1.29 is 9.59 Å². The Labute approximate surface area is 147 Å². The summed E-state index contributed by atoms with van der Waals surface area (Å²) >= 11 is 4.87. The van der Waals surface area contributed by atoms with Crippen molar-refractivity contribution in [3.8, 4) is 0 Å². The van der Waals surface area contributed by atoms with Crippen LogP contribution in [0.2, 0.25) is 0 Å². The van der Waals surface area contributed by atoms with Gasteiger partial charge in [0, 0.05) is 22.9 Å². The number of hydrogen-bond donors (Lipinski definition) is 2. The van der Waals surface area contributed by atoms with Gasteiger partial charge in [-0.05, 0) is 29.1 Å². The molecule has 7 heteroatoms. The van der Waals surface area contributed by atoms with Crippen LogP contribution in [0.4, 0.5) is 4.79 Å². The van der Waals surface area contributed by atoms with Crippen molar-refractivity contribution in [1.29, 1.82) is 0 Å². The van der Waals surface area contributed by atoms with E-state index in [2.05, 4.69) is 21.2 Å². The van der Waals surface area contributed by atoms with Crippen LogP contribution in [0.1, 0.15) is 22.9 Å². The summed E-state index contributed by atoms with van der Waals surface area (Å²) in [6.45, 7) is 0.514. The number of carbonyl (C=O) groups is 2. The fraction of sp³-hybridized carbons (Fsp3) is 0.250. The number of primary amides is 1. The third kappa shape index (κ3) is 5.37. The van der Waals surface area contributed by atoms with Gasteiger partial charge in [0.15, 0.2) is 0 Å². The molecule has 3 amide bonds. The second-order valence-corrected chi connectivity index (χ2v) is 7.05. The van der Waals surface area contributed by atoms with Crippen LogP contribution in [0, 0.1) is 0 Å². The Bertz CT molecular complexity index is 658. The van der Waals surface area contributed by atoms with Crippen LogP contribution in [0.5, 0.6) is 0 Å². The number of rotatable bonds is 6. The Morgan fingerprint density at radius 1 is 1.30 bits per heavy atom. The molecule has 0 fully saturated rings. The van der Waals surface area contributed by atoms with E-state index in [0.717, 1.165) is 14.9 Å². The highest BCUT2D eigenvalue weighted by Gasteiger charge is 2.20.